The minimum absolute atomic E-state index is 0.0213. The molecule has 0 amide bonds. The van der Waals surface area contributed by atoms with Crippen molar-refractivity contribution in [1.82, 2.24) is 0 Å². The van der Waals surface area contributed by atoms with Gasteiger partial charge in [0.2, 0.25) is 0 Å². The number of allylic oxidation sites excluding steroid dienone is 4. The molecule has 54 heavy (non-hydrogen) atoms. The Kier molecular flexibility index (Phi) is 49.0. The first-order chi connectivity index (χ1) is 26.8. The van der Waals surface area contributed by atoms with E-state index in [-0.39, 0.29) is 5.97 Å². The summed E-state index contributed by atoms with van der Waals surface area (Å²) in [6.07, 6.45) is 69.0. The topological polar surface area (TPSA) is 26.3 Å². The van der Waals surface area contributed by atoms with Crippen LogP contribution in [0.2, 0.25) is 0 Å². The van der Waals surface area contributed by atoms with E-state index in [1.807, 2.05) is 0 Å². The average Bonchev–Trinajstić information content (AvgIpc) is 3.18. The van der Waals surface area contributed by atoms with Crippen molar-refractivity contribution in [3.05, 3.63) is 24.3 Å². The predicted octanol–water partition coefficient (Wildman–Crippen LogP) is 18.8. The van der Waals surface area contributed by atoms with Crippen molar-refractivity contribution >= 4 is 5.97 Å². The number of carbonyl (C=O) groups is 1. The van der Waals surface area contributed by atoms with Crippen LogP contribution in [-0.2, 0) is 9.53 Å². The molecule has 2 heteroatoms. The summed E-state index contributed by atoms with van der Waals surface area (Å²) in [6, 6.07) is 0. The molecule has 0 aliphatic heterocycles. The van der Waals surface area contributed by atoms with Crippen molar-refractivity contribution < 1.29 is 9.53 Å². The third-order valence-corrected chi connectivity index (χ3v) is 11.6. The summed E-state index contributed by atoms with van der Waals surface area (Å²) in [5.41, 5.74) is 0. The maximum atomic E-state index is 12.0. The van der Waals surface area contributed by atoms with Crippen LogP contribution in [0.25, 0.3) is 0 Å². The molecule has 0 N–H and O–H groups in total. The maximum absolute atomic E-state index is 12.0. The van der Waals surface area contributed by atoms with Gasteiger partial charge in [-0.2, -0.15) is 0 Å². The molecule has 0 rings (SSSR count). The van der Waals surface area contributed by atoms with E-state index in [9.17, 15) is 4.79 Å². The van der Waals surface area contributed by atoms with Gasteiger partial charge in [0, 0.05) is 6.42 Å². The van der Waals surface area contributed by atoms with Crippen molar-refractivity contribution in [2.24, 2.45) is 0 Å². The Balaban J connectivity index is 3.17. The minimum Gasteiger partial charge on any atom is -0.466 e. The molecule has 0 atom stereocenters. The summed E-state index contributed by atoms with van der Waals surface area (Å²) < 4.78 is 5.47. The van der Waals surface area contributed by atoms with Gasteiger partial charge >= 0.3 is 5.97 Å². The summed E-state index contributed by atoms with van der Waals surface area (Å²) in [5, 5.41) is 0. The SMILES string of the molecule is CCCCC/C=C\C/C=C/CCCCCCCCOC(=O)CCCCCCCCCCCCCCCCCCCCCCCCCCCCCCCCC. The molecule has 0 bridgehead atoms. The van der Waals surface area contributed by atoms with E-state index < -0.39 is 0 Å². The fourth-order valence-corrected chi connectivity index (χ4v) is 7.82. The van der Waals surface area contributed by atoms with Gasteiger partial charge < -0.3 is 4.74 Å². The summed E-state index contributed by atoms with van der Waals surface area (Å²) >= 11 is 0. The summed E-state index contributed by atoms with van der Waals surface area (Å²) in [5.74, 6) is 0.0213. The van der Waals surface area contributed by atoms with Crippen molar-refractivity contribution in [1.29, 1.82) is 0 Å². The third-order valence-electron chi connectivity index (χ3n) is 11.6. The zero-order valence-corrected chi connectivity index (χ0v) is 37.4. The molecule has 0 heterocycles. The Morgan fingerprint density at radius 1 is 0.315 bits per heavy atom. The Bertz CT molecular complexity index is 739. The van der Waals surface area contributed by atoms with Crippen molar-refractivity contribution in [2.75, 3.05) is 6.61 Å². The van der Waals surface area contributed by atoms with Crippen molar-refractivity contribution in [3.8, 4) is 0 Å². The molecule has 2 nitrogen and oxygen atoms in total. The smallest absolute Gasteiger partial charge is 0.305 e. The summed E-state index contributed by atoms with van der Waals surface area (Å²) in [6.45, 7) is 5.18. The highest BCUT2D eigenvalue weighted by Crippen LogP contribution is 2.17. The molecule has 0 spiro atoms. The average molecular weight is 757 g/mol. The number of unbranched alkanes of at least 4 members (excludes halogenated alkanes) is 39. The van der Waals surface area contributed by atoms with E-state index in [0.717, 1.165) is 19.3 Å². The van der Waals surface area contributed by atoms with E-state index in [4.69, 9.17) is 4.74 Å². The molecule has 0 aromatic rings. The van der Waals surface area contributed by atoms with Crippen LogP contribution in [0.3, 0.4) is 0 Å². The number of rotatable bonds is 47. The van der Waals surface area contributed by atoms with Crippen LogP contribution in [0, 0.1) is 0 Å². The lowest BCUT2D eigenvalue weighted by atomic mass is 10.0. The fourth-order valence-electron chi connectivity index (χ4n) is 7.82. The van der Waals surface area contributed by atoms with Crippen molar-refractivity contribution in [3.63, 3.8) is 0 Å². The summed E-state index contributed by atoms with van der Waals surface area (Å²) in [4.78, 5) is 12.0. The van der Waals surface area contributed by atoms with Gasteiger partial charge in [-0.15, -0.1) is 0 Å². The third kappa shape index (κ3) is 49.0. The largest absolute Gasteiger partial charge is 0.466 e. The monoisotopic (exact) mass is 757 g/mol. The van der Waals surface area contributed by atoms with Crippen molar-refractivity contribution in [2.45, 2.75) is 296 Å². The first kappa shape index (κ1) is 53.0. The first-order valence-electron chi connectivity index (χ1n) is 25.3. The highest BCUT2D eigenvalue weighted by atomic mass is 16.5. The first-order valence-corrected chi connectivity index (χ1v) is 25.3. The van der Waals surface area contributed by atoms with Gasteiger partial charge in [0.25, 0.3) is 0 Å². The lowest BCUT2D eigenvalue weighted by Gasteiger charge is -2.06. The number of carbonyl (C=O) groups excluding carboxylic acids is 1. The van der Waals surface area contributed by atoms with Gasteiger partial charge in [-0.1, -0.05) is 269 Å². The van der Waals surface area contributed by atoms with Crippen LogP contribution in [0.15, 0.2) is 24.3 Å². The molecule has 0 aliphatic rings. The van der Waals surface area contributed by atoms with E-state index in [0.29, 0.717) is 13.0 Å². The number of ether oxygens (including phenoxy) is 1. The zero-order valence-electron chi connectivity index (χ0n) is 37.4. The van der Waals surface area contributed by atoms with Gasteiger partial charge in [0.15, 0.2) is 0 Å². The molecule has 0 fully saturated rings. The minimum atomic E-state index is 0.0213. The van der Waals surface area contributed by atoms with E-state index >= 15 is 0 Å². The van der Waals surface area contributed by atoms with Crippen LogP contribution in [-0.4, -0.2) is 12.6 Å². The molecule has 0 unspecified atom stereocenters. The van der Waals surface area contributed by atoms with Crippen LogP contribution in [0.1, 0.15) is 296 Å². The quantitative estimate of drug-likeness (QED) is 0.0351. The van der Waals surface area contributed by atoms with Crippen LogP contribution >= 0.6 is 0 Å². The van der Waals surface area contributed by atoms with E-state index in [1.54, 1.807) is 0 Å². The highest BCUT2D eigenvalue weighted by molar-refractivity contribution is 5.69. The van der Waals surface area contributed by atoms with Gasteiger partial charge in [-0.25, -0.2) is 0 Å². The zero-order chi connectivity index (χ0) is 38.9. The standard InChI is InChI=1S/C52H100O2/c1-3-5-7-9-11-13-15-17-19-21-22-23-24-25-26-27-28-29-30-31-32-33-34-35-36-38-40-42-44-46-48-50-52(53)54-51-49-47-45-43-41-39-37-20-18-16-14-12-10-8-6-4-2/h12,14,18,20H,3-11,13,15-17,19,21-51H2,1-2H3/b14-12-,20-18+. The van der Waals surface area contributed by atoms with Gasteiger partial charge in [0.05, 0.1) is 6.61 Å². The summed E-state index contributed by atoms with van der Waals surface area (Å²) in [7, 11) is 0. The molecule has 0 saturated carbocycles. The molecule has 320 valence electrons. The second kappa shape index (κ2) is 50.0. The fraction of sp³-hybridized carbons (Fsp3) is 0.904. The Morgan fingerprint density at radius 2 is 0.574 bits per heavy atom. The molecule has 0 aliphatic carbocycles. The van der Waals surface area contributed by atoms with Crippen LogP contribution in [0.5, 0.6) is 0 Å². The van der Waals surface area contributed by atoms with Crippen LogP contribution < -0.4 is 0 Å². The molecular weight excluding hydrogens is 657 g/mol. The lowest BCUT2D eigenvalue weighted by Crippen LogP contribution is -2.05. The Hall–Kier alpha value is -1.05. The molecule has 0 saturated heterocycles. The van der Waals surface area contributed by atoms with Crippen LogP contribution in [0.4, 0.5) is 0 Å². The molecule has 0 radical (unpaired) electrons. The second-order valence-corrected chi connectivity index (χ2v) is 17.2. The van der Waals surface area contributed by atoms with E-state index in [2.05, 4.69) is 38.2 Å². The second-order valence-electron chi connectivity index (χ2n) is 17.2. The number of esters is 1. The molecule has 0 aromatic heterocycles. The van der Waals surface area contributed by atoms with Gasteiger partial charge in [0.1, 0.15) is 0 Å². The van der Waals surface area contributed by atoms with Gasteiger partial charge in [-0.3, -0.25) is 4.79 Å². The lowest BCUT2D eigenvalue weighted by molar-refractivity contribution is -0.143. The number of hydrogen-bond donors (Lipinski definition) is 0. The Morgan fingerprint density at radius 3 is 0.926 bits per heavy atom. The highest BCUT2D eigenvalue weighted by Gasteiger charge is 2.03. The molecular formula is C52H100O2. The van der Waals surface area contributed by atoms with E-state index in [1.165, 1.54) is 257 Å². The molecule has 0 aromatic carbocycles. The normalized spacial score (nSPS) is 11.8. The predicted molar refractivity (Wildman–Crippen MR) is 244 cm³/mol. The number of hydrogen-bond acceptors (Lipinski definition) is 2. The Labute approximate surface area is 341 Å². The van der Waals surface area contributed by atoms with Gasteiger partial charge in [-0.05, 0) is 44.9 Å². The maximum Gasteiger partial charge on any atom is 0.305 e.